The van der Waals surface area contributed by atoms with Crippen LogP contribution in [0.3, 0.4) is 0 Å². The zero-order valence-corrected chi connectivity index (χ0v) is 9.76. The summed E-state index contributed by atoms with van der Waals surface area (Å²) in [5.41, 5.74) is 0.686. The Bertz CT molecular complexity index is 342. The Labute approximate surface area is 90.1 Å². The average molecular weight is 210 g/mol. The van der Waals surface area contributed by atoms with Crippen molar-refractivity contribution in [2.75, 3.05) is 13.6 Å². The van der Waals surface area contributed by atoms with Gasteiger partial charge in [0.2, 0.25) is 5.78 Å². The van der Waals surface area contributed by atoms with Crippen molar-refractivity contribution >= 4 is 5.78 Å². The zero-order valence-electron chi connectivity index (χ0n) is 9.76. The van der Waals surface area contributed by atoms with Crippen LogP contribution in [0.2, 0.25) is 0 Å². The van der Waals surface area contributed by atoms with Crippen molar-refractivity contribution in [1.29, 1.82) is 0 Å². The van der Waals surface area contributed by atoms with Crippen LogP contribution in [0.5, 0.6) is 0 Å². The van der Waals surface area contributed by atoms with E-state index in [0.29, 0.717) is 23.3 Å². The van der Waals surface area contributed by atoms with Crippen LogP contribution in [0.25, 0.3) is 0 Å². The molecule has 0 aliphatic heterocycles. The third kappa shape index (κ3) is 3.16. The lowest BCUT2D eigenvalue weighted by molar-refractivity contribution is 0.0964. The predicted molar refractivity (Wildman–Crippen MR) is 58.0 cm³/mol. The number of aromatic nitrogens is 1. The van der Waals surface area contributed by atoms with Gasteiger partial charge in [-0.3, -0.25) is 4.79 Å². The van der Waals surface area contributed by atoms with Crippen LogP contribution in [0.1, 0.15) is 36.0 Å². The van der Waals surface area contributed by atoms with E-state index in [1.807, 2.05) is 0 Å². The standard InChI is InChI=1S/C11H18N2O2/c1-7(2)5-10-13-8(3)11(15-10)9(14)6-12-4/h7,12H,5-6H2,1-4H3. The Kier molecular flexibility index (Phi) is 4.03. The van der Waals surface area contributed by atoms with Gasteiger partial charge in [0.05, 0.1) is 12.2 Å². The zero-order chi connectivity index (χ0) is 11.4. The molecule has 0 unspecified atom stereocenters. The SMILES string of the molecule is CNCC(=O)c1oc(CC(C)C)nc1C. The second-order valence-corrected chi connectivity index (χ2v) is 4.07. The van der Waals surface area contributed by atoms with E-state index in [9.17, 15) is 4.79 Å². The number of carbonyl (C=O) groups is 1. The molecule has 4 nitrogen and oxygen atoms in total. The molecular weight excluding hydrogens is 192 g/mol. The summed E-state index contributed by atoms with van der Waals surface area (Å²) in [6.07, 6.45) is 0.772. The van der Waals surface area contributed by atoms with Crippen molar-refractivity contribution in [1.82, 2.24) is 10.3 Å². The van der Waals surface area contributed by atoms with Crippen molar-refractivity contribution in [2.24, 2.45) is 5.92 Å². The smallest absolute Gasteiger partial charge is 0.213 e. The summed E-state index contributed by atoms with van der Waals surface area (Å²) in [5, 5.41) is 2.81. The van der Waals surface area contributed by atoms with E-state index < -0.39 is 0 Å². The molecule has 1 rings (SSSR count). The van der Waals surface area contributed by atoms with Crippen LogP contribution in [-0.4, -0.2) is 24.4 Å². The first-order valence-corrected chi connectivity index (χ1v) is 5.18. The highest BCUT2D eigenvalue weighted by atomic mass is 16.4. The summed E-state index contributed by atoms with van der Waals surface area (Å²) in [5.74, 6) is 1.48. The van der Waals surface area contributed by atoms with Crippen molar-refractivity contribution < 1.29 is 9.21 Å². The maximum absolute atomic E-state index is 11.6. The van der Waals surface area contributed by atoms with Crippen LogP contribution in [0.4, 0.5) is 0 Å². The number of aryl methyl sites for hydroxylation is 1. The van der Waals surface area contributed by atoms with Crippen molar-refractivity contribution in [3.8, 4) is 0 Å². The molecule has 1 aromatic rings. The highest BCUT2D eigenvalue weighted by molar-refractivity contribution is 5.95. The number of ketones is 1. The monoisotopic (exact) mass is 210 g/mol. The molecule has 4 heteroatoms. The molecular formula is C11H18N2O2. The van der Waals surface area contributed by atoms with Crippen LogP contribution in [0.15, 0.2) is 4.42 Å². The van der Waals surface area contributed by atoms with Crippen LogP contribution < -0.4 is 5.32 Å². The Morgan fingerprint density at radius 3 is 2.73 bits per heavy atom. The number of nitrogens with one attached hydrogen (secondary N) is 1. The van der Waals surface area contributed by atoms with Gasteiger partial charge in [0, 0.05) is 6.42 Å². The minimum absolute atomic E-state index is 0.0440. The van der Waals surface area contributed by atoms with E-state index in [-0.39, 0.29) is 12.3 Å². The van der Waals surface area contributed by atoms with Crippen molar-refractivity contribution in [3.05, 3.63) is 17.3 Å². The van der Waals surface area contributed by atoms with Crippen molar-refractivity contribution in [3.63, 3.8) is 0 Å². The number of likely N-dealkylation sites (N-methyl/N-ethyl adjacent to an activating group) is 1. The Balaban J connectivity index is 2.81. The van der Waals surface area contributed by atoms with E-state index in [1.165, 1.54) is 0 Å². The Morgan fingerprint density at radius 2 is 2.20 bits per heavy atom. The minimum atomic E-state index is -0.0440. The second-order valence-electron chi connectivity index (χ2n) is 4.07. The van der Waals surface area contributed by atoms with Crippen LogP contribution >= 0.6 is 0 Å². The molecule has 0 amide bonds. The molecule has 15 heavy (non-hydrogen) atoms. The van der Waals surface area contributed by atoms with Gasteiger partial charge in [-0.25, -0.2) is 4.98 Å². The topological polar surface area (TPSA) is 55.1 Å². The van der Waals surface area contributed by atoms with Crippen LogP contribution in [0, 0.1) is 12.8 Å². The third-order valence-corrected chi connectivity index (χ3v) is 2.01. The molecule has 0 aliphatic rings. The normalized spacial score (nSPS) is 11.0. The van der Waals surface area contributed by atoms with Gasteiger partial charge >= 0.3 is 0 Å². The number of hydrogen-bond acceptors (Lipinski definition) is 4. The summed E-state index contributed by atoms with van der Waals surface area (Å²) in [6, 6.07) is 0. The van der Waals surface area contributed by atoms with Gasteiger partial charge in [0.25, 0.3) is 0 Å². The fourth-order valence-corrected chi connectivity index (χ4v) is 1.39. The summed E-state index contributed by atoms with van der Waals surface area (Å²) >= 11 is 0. The van der Waals surface area contributed by atoms with Gasteiger partial charge in [-0.15, -0.1) is 0 Å². The summed E-state index contributed by atoms with van der Waals surface area (Å²) in [4.78, 5) is 15.8. The summed E-state index contributed by atoms with van der Waals surface area (Å²) in [7, 11) is 1.73. The molecule has 0 spiro atoms. The fraction of sp³-hybridized carbons (Fsp3) is 0.636. The molecule has 0 fully saturated rings. The fourth-order valence-electron chi connectivity index (χ4n) is 1.39. The number of carbonyl (C=O) groups excluding carboxylic acids is 1. The van der Waals surface area contributed by atoms with E-state index in [2.05, 4.69) is 24.1 Å². The minimum Gasteiger partial charge on any atom is -0.437 e. The lowest BCUT2D eigenvalue weighted by Gasteiger charge is -1.98. The number of hydrogen-bond donors (Lipinski definition) is 1. The first kappa shape index (κ1) is 11.9. The third-order valence-electron chi connectivity index (χ3n) is 2.01. The molecule has 1 N–H and O–H groups in total. The first-order valence-electron chi connectivity index (χ1n) is 5.18. The first-order chi connectivity index (χ1) is 7.04. The molecule has 0 aromatic carbocycles. The van der Waals surface area contributed by atoms with Gasteiger partial charge in [-0.05, 0) is 19.9 Å². The average Bonchev–Trinajstić information content (AvgIpc) is 2.46. The van der Waals surface area contributed by atoms with Gasteiger partial charge in [-0.1, -0.05) is 13.8 Å². The number of nitrogens with zero attached hydrogens (tertiary/aromatic N) is 1. The lowest BCUT2D eigenvalue weighted by atomic mass is 10.1. The predicted octanol–water partition coefficient (Wildman–Crippen LogP) is 1.58. The van der Waals surface area contributed by atoms with Gasteiger partial charge in [0.1, 0.15) is 0 Å². The molecule has 0 atom stereocenters. The lowest BCUT2D eigenvalue weighted by Crippen LogP contribution is -2.18. The van der Waals surface area contributed by atoms with Gasteiger partial charge in [0.15, 0.2) is 11.7 Å². The largest absolute Gasteiger partial charge is 0.437 e. The van der Waals surface area contributed by atoms with E-state index >= 15 is 0 Å². The second kappa shape index (κ2) is 5.07. The summed E-state index contributed by atoms with van der Waals surface area (Å²) in [6.45, 7) is 6.27. The molecule has 1 heterocycles. The van der Waals surface area contributed by atoms with Crippen molar-refractivity contribution in [2.45, 2.75) is 27.2 Å². The number of rotatable bonds is 5. The van der Waals surface area contributed by atoms with Gasteiger partial charge in [-0.2, -0.15) is 0 Å². The molecule has 0 radical (unpaired) electrons. The highest BCUT2D eigenvalue weighted by Gasteiger charge is 2.16. The molecule has 0 saturated carbocycles. The number of Topliss-reactive ketones (excluding diaryl/α,β-unsaturated/α-hetero) is 1. The Morgan fingerprint density at radius 1 is 1.53 bits per heavy atom. The maximum Gasteiger partial charge on any atom is 0.213 e. The maximum atomic E-state index is 11.6. The van der Waals surface area contributed by atoms with Gasteiger partial charge < -0.3 is 9.73 Å². The van der Waals surface area contributed by atoms with Crippen LogP contribution in [-0.2, 0) is 6.42 Å². The Hall–Kier alpha value is -1.16. The highest BCUT2D eigenvalue weighted by Crippen LogP contribution is 2.13. The number of oxazole rings is 1. The van der Waals surface area contributed by atoms with E-state index in [0.717, 1.165) is 6.42 Å². The molecule has 84 valence electrons. The quantitative estimate of drug-likeness (QED) is 0.750. The molecule has 0 saturated heterocycles. The molecule has 0 aliphatic carbocycles. The van der Waals surface area contributed by atoms with E-state index in [1.54, 1.807) is 14.0 Å². The summed E-state index contributed by atoms with van der Waals surface area (Å²) < 4.78 is 5.44. The molecule has 0 bridgehead atoms. The van der Waals surface area contributed by atoms with E-state index in [4.69, 9.17) is 4.42 Å². The molecule has 1 aromatic heterocycles.